The lowest BCUT2D eigenvalue weighted by Gasteiger charge is -2.31. The standard InChI is InChI=1S/C16H21NO2/c1-12-4-5-15-13(9-12)3-2-7-17(15)10-16(18)14-6-8-19-11-14/h4-5,9,14H,2-3,6-8,10-11H2,1H3. The molecule has 1 atom stereocenters. The first-order valence-corrected chi connectivity index (χ1v) is 7.19. The minimum absolute atomic E-state index is 0.121. The van der Waals surface area contributed by atoms with Crippen molar-refractivity contribution in [2.75, 3.05) is 31.2 Å². The van der Waals surface area contributed by atoms with E-state index in [1.54, 1.807) is 0 Å². The van der Waals surface area contributed by atoms with Crippen LogP contribution in [0, 0.1) is 12.8 Å². The average Bonchev–Trinajstić information content (AvgIpc) is 2.92. The molecule has 0 amide bonds. The molecule has 0 spiro atoms. The van der Waals surface area contributed by atoms with Crippen LogP contribution in [-0.4, -0.2) is 32.1 Å². The summed E-state index contributed by atoms with van der Waals surface area (Å²) in [6.45, 7) is 5.03. The number of aryl methyl sites for hydroxylation is 2. The van der Waals surface area contributed by atoms with Crippen molar-refractivity contribution in [1.82, 2.24) is 0 Å². The van der Waals surface area contributed by atoms with Crippen LogP contribution in [0.15, 0.2) is 18.2 Å². The fourth-order valence-electron chi connectivity index (χ4n) is 3.07. The van der Waals surface area contributed by atoms with E-state index in [1.165, 1.54) is 16.8 Å². The molecule has 1 unspecified atom stereocenters. The van der Waals surface area contributed by atoms with Crippen LogP contribution in [-0.2, 0) is 16.0 Å². The van der Waals surface area contributed by atoms with E-state index >= 15 is 0 Å². The molecule has 0 bridgehead atoms. The van der Waals surface area contributed by atoms with E-state index in [0.29, 0.717) is 18.9 Å². The predicted molar refractivity (Wildman–Crippen MR) is 75.6 cm³/mol. The number of nitrogens with zero attached hydrogens (tertiary/aromatic N) is 1. The zero-order valence-electron chi connectivity index (χ0n) is 11.5. The topological polar surface area (TPSA) is 29.5 Å². The number of carbonyl (C=O) groups is 1. The molecular formula is C16H21NO2. The second-order valence-electron chi connectivity index (χ2n) is 5.68. The number of fused-ring (bicyclic) bond motifs is 1. The average molecular weight is 259 g/mol. The van der Waals surface area contributed by atoms with E-state index in [9.17, 15) is 4.79 Å². The minimum atomic E-state index is 0.121. The summed E-state index contributed by atoms with van der Waals surface area (Å²) in [7, 11) is 0. The Bertz CT molecular complexity index is 478. The van der Waals surface area contributed by atoms with Crippen molar-refractivity contribution in [3.63, 3.8) is 0 Å². The van der Waals surface area contributed by atoms with Crippen LogP contribution in [0.1, 0.15) is 24.0 Å². The number of Topliss-reactive ketones (excluding diaryl/α,β-unsaturated/α-hetero) is 1. The van der Waals surface area contributed by atoms with Crippen molar-refractivity contribution in [1.29, 1.82) is 0 Å². The summed E-state index contributed by atoms with van der Waals surface area (Å²) in [5.41, 5.74) is 3.95. The molecule has 0 saturated carbocycles. The van der Waals surface area contributed by atoms with Crippen molar-refractivity contribution in [3.05, 3.63) is 29.3 Å². The number of carbonyl (C=O) groups excluding carboxylic acids is 1. The van der Waals surface area contributed by atoms with Gasteiger partial charge < -0.3 is 9.64 Å². The Morgan fingerprint density at radius 2 is 2.37 bits per heavy atom. The molecule has 2 heterocycles. The molecule has 3 heteroatoms. The largest absolute Gasteiger partial charge is 0.381 e. The summed E-state index contributed by atoms with van der Waals surface area (Å²) in [4.78, 5) is 14.5. The predicted octanol–water partition coefficient (Wildman–Crippen LogP) is 2.35. The molecule has 0 N–H and O–H groups in total. The Hall–Kier alpha value is -1.35. The third kappa shape index (κ3) is 2.66. The quantitative estimate of drug-likeness (QED) is 0.834. The summed E-state index contributed by atoms with van der Waals surface area (Å²) in [5.74, 6) is 0.460. The Morgan fingerprint density at radius 1 is 1.47 bits per heavy atom. The van der Waals surface area contributed by atoms with Crippen molar-refractivity contribution < 1.29 is 9.53 Å². The molecule has 102 valence electrons. The summed E-state index contributed by atoms with van der Waals surface area (Å²) < 4.78 is 5.31. The Kier molecular flexibility index (Phi) is 3.56. The van der Waals surface area contributed by atoms with Crippen molar-refractivity contribution in [2.45, 2.75) is 26.2 Å². The van der Waals surface area contributed by atoms with Gasteiger partial charge in [0.05, 0.1) is 13.2 Å². The second-order valence-corrected chi connectivity index (χ2v) is 5.68. The van der Waals surface area contributed by atoms with E-state index in [0.717, 1.165) is 32.4 Å². The van der Waals surface area contributed by atoms with Gasteiger partial charge in [-0.3, -0.25) is 4.79 Å². The highest BCUT2D eigenvalue weighted by atomic mass is 16.5. The summed E-state index contributed by atoms with van der Waals surface area (Å²) in [6.07, 6.45) is 3.17. The SMILES string of the molecule is Cc1ccc2c(c1)CCCN2CC(=O)C1CCOC1. The van der Waals surface area contributed by atoms with E-state index in [4.69, 9.17) is 4.74 Å². The van der Waals surface area contributed by atoms with Crippen LogP contribution in [0.3, 0.4) is 0 Å². The smallest absolute Gasteiger partial charge is 0.157 e. The lowest BCUT2D eigenvalue weighted by molar-refractivity contribution is -0.121. The van der Waals surface area contributed by atoms with Crippen LogP contribution < -0.4 is 4.90 Å². The van der Waals surface area contributed by atoms with Gasteiger partial charge in [0.2, 0.25) is 0 Å². The van der Waals surface area contributed by atoms with E-state index in [1.807, 2.05) is 0 Å². The molecular weight excluding hydrogens is 238 g/mol. The normalized spacial score (nSPS) is 22.4. The van der Waals surface area contributed by atoms with Gasteiger partial charge in [-0.05, 0) is 37.8 Å². The van der Waals surface area contributed by atoms with E-state index < -0.39 is 0 Å². The number of hydrogen-bond donors (Lipinski definition) is 0. The molecule has 0 aliphatic carbocycles. The molecule has 3 rings (SSSR count). The molecule has 19 heavy (non-hydrogen) atoms. The zero-order valence-corrected chi connectivity index (χ0v) is 11.5. The van der Waals surface area contributed by atoms with Crippen LogP contribution in [0.25, 0.3) is 0 Å². The number of benzene rings is 1. The van der Waals surface area contributed by atoms with Crippen molar-refractivity contribution >= 4 is 11.5 Å². The number of rotatable bonds is 3. The van der Waals surface area contributed by atoms with Gasteiger partial charge in [-0.25, -0.2) is 0 Å². The molecule has 3 nitrogen and oxygen atoms in total. The Morgan fingerprint density at radius 3 is 3.16 bits per heavy atom. The van der Waals surface area contributed by atoms with Crippen molar-refractivity contribution in [2.24, 2.45) is 5.92 Å². The van der Waals surface area contributed by atoms with Crippen LogP contribution >= 0.6 is 0 Å². The third-order valence-electron chi connectivity index (χ3n) is 4.18. The monoisotopic (exact) mass is 259 g/mol. The molecule has 0 aromatic heterocycles. The number of ketones is 1. The maximum absolute atomic E-state index is 12.3. The summed E-state index contributed by atoms with van der Waals surface area (Å²) in [5, 5.41) is 0. The maximum atomic E-state index is 12.3. The summed E-state index contributed by atoms with van der Waals surface area (Å²) >= 11 is 0. The molecule has 2 aliphatic rings. The molecule has 0 radical (unpaired) electrons. The lowest BCUT2D eigenvalue weighted by Crippen LogP contribution is -2.37. The Balaban J connectivity index is 1.74. The van der Waals surface area contributed by atoms with Gasteiger partial charge in [0.25, 0.3) is 0 Å². The highest BCUT2D eigenvalue weighted by Gasteiger charge is 2.26. The molecule has 1 fully saturated rings. The first-order valence-electron chi connectivity index (χ1n) is 7.19. The van der Waals surface area contributed by atoms with Crippen LogP contribution in [0.2, 0.25) is 0 Å². The summed E-state index contributed by atoms with van der Waals surface area (Å²) in [6, 6.07) is 6.56. The molecule has 1 aromatic carbocycles. The zero-order chi connectivity index (χ0) is 13.2. The van der Waals surface area contributed by atoms with Gasteiger partial charge in [0, 0.05) is 24.8 Å². The lowest BCUT2D eigenvalue weighted by atomic mass is 9.97. The van der Waals surface area contributed by atoms with Gasteiger partial charge in [-0.2, -0.15) is 0 Å². The molecule has 1 aromatic rings. The van der Waals surface area contributed by atoms with Crippen LogP contribution in [0.4, 0.5) is 5.69 Å². The molecule has 1 saturated heterocycles. The van der Waals surface area contributed by atoms with Gasteiger partial charge in [0.1, 0.15) is 0 Å². The fraction of sp³-hybridized carbons (Fsp3) is 0.562. The highest BCUT2D eigenvalue weighted by molar-refractivity contribution is 5.86. The van der Waals surface area contributed by atoms with Gasteiger partial charge in [-0.15, -0.1) is 0 Å². The first-order chi connectivity index (χ1) is 9.24. The van der Waals surface area contributed by atoms with Gasteiger partial charge >= 0.3 is 0 Å². The number of anilines is 1. The highest BCUT2D eigenvalue weighted by Crippen LogP contribution is 2.28. The number of hydrogen-bond acceptors (Lipinski definition) is 3. The van der Waals surface area contributed by atoms with Crippen LogP contribution in [0.5, 0.6) is 0 Å². The maximum Gasteiger partial charge on any atom is 0.157 e. The minimum Gasteiger partial charge on any atom is -0.381 e. The van der Waals surface area contributed by atoms with Gasteiger partial charge in [0.15, 0.2) is 5.78 Å². The first kappa shape index (κ1) is 12.7. The third-order valence-corrected chi connectivity index (χ3v) is 4.18. The Labute approximate surface area is 114 Å². The second kappa shape index (κ2) is 5.33. The van der Waals surface area contributed by atoms with Crippen molar-refractivity contribution in [3.8, 4) is 0 Å². The number of ether oxygens (including phenoxy) is 1. The van der Waals surface area contributed by atoms with Gasteiger partial charge in [-0.1, -0.05) is 17.7 Å². The van der Waals surface area contributed by atoms with E-state index in [2.05, 4.69) is 30.0 Å². The molecule has 2 aliphatic heterocycles. The fourth-order valence-corrected chi connectivity index (χ4v) is 3.07. The van der Waals surface area contributed by atoms with E-state index in [-0.39, 0.29) is 5.92 Å².